The minimum absolute atomic E-state index is 0.0738. The molecular formula is C21H17ClN2O3S. The summed E-state index contributed by atoms with van der Waals surface area (Å²) in [5.74, 6) is -1.80. The van der Waals surface area contributed by atoms with E-state index in [-0.39, 0.29) is 11.5 Å². The number of benzene rings is 2. The van der Waals surface area contributed by atoms with Gasteiger partial charge in [0.2, 0.25) is 5.91 Å². The molecule has 0 spiro atoms. The Hall–Kier alpha value is -2.67. The van der Waals surface area contributed by atoms with Gasteiger partial charge in [-0.15, -0.1) is 11.3 Å². The van der Waals surface area contributed by atoms with Crippen LogP contribution >= 0.6 is 22.9 Å². The fourth-order valence-electron chi connectivity index (χ4n) is 3.59. The Bertz CT molecular complexity index is 1060. The molecule has 28 heavy (non-hydrogen) atoms. The lowest BCUT2D eigenvalue weighted by atomic mass is 10.0. The topological polar surface area (TPSA) is 92.4 Å². The minimum atomic E-state index is -1.10. The van der Waals surface area contributed by atoms with E-state index in [4.69, 9.17) is 17.3 Å². The van der Waals surface area contributed by atoms with Crippen LogP contribution in [0, 0.1) is 5.92 Å². The number of nitrogens with two attached hydrogens (primary N) is 1. The van der Waals surface area contributed by atoms with Gasteiger partial charge in [0, 0.05) is 22.0 Å². The summed E-state index contributed by atoms with van der Waals surface area (Å²) in [5.41, 5.74) is 9.64. The number of anilines is 1. The van der Waals surface area contributed by atoms with Gasteiger partial charge in [-0.2, -0.15) is 0 Å². The molecule has 0 saturated heterocycles. The van der Waals surface area contributed by atoms with Crippen molar-refractivity contribution in [2.45, 2.75) is 12.5 Å². The van der Waals surface area contributed by atoms with Crippen molar-refractivity contribution in [2.75, 3.05) is 5.32 Å². The van der Waals surface area contributed by atoms with Crippen LogP contribution in [0.2, 0.25) is 5.02 Å². The predicted octanol–water partition coefficient (Wildman–Crippen LogP) is 4.58. The summed E-state index contributed by atoms with van der Waals surface area (Å²) in [6, 6.07) is 14.2. The number of carboxylic acids is 1. The lowest BCUT2D eigenvalue weighted by Crippen LogP contribution is -2.30. The highest BCUT2D eigenvalue weighted by Crippen LogP contribution is 2.38. The second kappa shape index (κ2) is 7.39. The first-order valence-electron chi connectivity index (χ1n) is 8.70. The summed E-state index contributed by atoms with van der Waals surface area (Å²) < 4.78 is 0. The Balaban J connectivity index is 1.61. The summed E-state index contributed by atoms with van der Waals surface area (Å²) in [4.78, 5) is 24.8. The van der Waals surface area contributed by atoms with Crippen molar-refractivity contribution in [1.29, 1.82) is 0 Å². The zero-order valence-electron chi connectivity index (χ0n) is 14.7. The molecule has 1 aliphatic carbocycles. The zero-order chi connectivity index (χ0) is 19.8. The van der Waals surface area contributed by atoms with E-state index >= 15 is 0 Å². The lowest BCUT2D eigenvalue weighted by molar-refractivity contribution is -0.120. The van der Waals surface area contributed by atoms with Crippen molar-refractivity contribution in [3.63, 3.8) is 0 Å². The smallest absolute Gasteiger partial charge is 0.339 e. The average molecular weight is 413 g/mol. The monoisotopic (exact) mass is 412 g/mol. The molecule has 1 amide bonds. The number of carbonyl (C=O) groups is 2. The van der Waals surface area contributed by atoms with Gasteiger partial charge in [0.15, 0.2) is 0 Å². The molecule has 0 radical (unpaired) electrons. The summed E-state index contributed by atoms with van der Waals surface area (Å²) >= 11 is 7.11. The molecule has 142 valence electrons. The van der Waals surface area contributed by atoms with E-state index in [0.717, 1.165) is 16.7 Å². The van der Waals surface area contributed by atoms with E-state index in [2.05, 4.69) is 5.32 Å². The van der Waals surface area contributed by atoms with Gasteiger partial charge in [0.25, 0.3) is 0 Å². The summed E-state index contributed by atoms with van der Waals surface area (Å²) in [6.45, 7) is 0. The van der Waals surface area contributed by atoms with Crippen LogP contribution < -0.4 is 11.1 Å². The number of hydrogen-bond acceptors (Lipinski definition) is 4. The third-order valence-electron chi connectivity index (χ3n) is 5.02. The molecule has 2 atom stereocenters. The number of carboxylic acid groups (broad SMARTS) is 1. The van der Waals surface area contributed by atoms with Gasteiger partial charge in [-0.05, 0) is 35.2 Å². The molecule has 0 fully saturated rings. The molecular weight excluding hydrogens is 396 g/mol. The van der Waals surface area contributed by atoms with Crippen molar-refractivity contribution in [1.82, 2.24) is 0 Å². The quantitative estimate of drug-likeness (QED) is 0.584. The van der Waals surface area contributed by atoms with Crippen LogP contribution in [0.4, 0.5) is 5.00 Å². The molecule has 7 heteroatoms. The minimum Gasteiger partial charge on any atom is -0.478 e. The maximum atomic E-state index is 12.9. The van der Waals surface area contributed by atoms with Crippen molar-refractivity contribution in [3.05, 3.63) is 75.6 Å². The molecule has 5 nitrogen and oxygen atoms in total. The molecule has 1 aromatic heterocycles. The zero-order valence-corrected chi connectivity index (χ0v) is 16.3. The SMILES string of the molecule is N[C@@H]1c2ccccc2C[C@@H]1C(=O)Nc1scc(-c2ccc(Cl)cc2)c1C(=O)O. The Morgan fingerprint density at radius 3 is 2.54 bits per heavy atom. The number of fused-ring (bicyclic) bond motifs is 1. The molecule has 2 aromatic carbocycles. The van der Waals surface area contributed by atoms with Gasteiger partial charge in [0.05, 0.1) is 5.92 Å². The molecule has 0 saturated carbocycles. The Morgan fingerprint density at radius 2 is 1.86 bits per heavy atom. The maximum Gasteiger partial charge on any atom is 0.339 e. The number of aromatic carboxylic acids is 1. The number of rotatable bonds is 4. The fraction of sp³-hybridized carbons (Fsp3) is 0.143. The van der Waals surface area contributed by atoms with E-state index in [1.807, 2.05) is 24.3 Å². The van der Waals surface area contributed by atoms with Crippen molar-refractivity contribution < 1.29 is 14.7 Å². The van der Waals surface area contributed by atoms with Crippen molar-refractivity contribution >= 4 is 39.8 Å². The number of nitrogens with one attached hydrogen (secondary N) is 1. The number of carbonyl (C=O) groups excluding carboxylic acids is 1. The normalized spacial score (nSPS) is 17.9. The third-order valence-corrected chi connectivity index (χ3v) is 6.17. The maximum absolute atomic E-state index is 12.9. The summed E-state index contributed by atoms with van der Waals surface area (Å²) in [7, 11) is 0. The van der Waals surface area contributed by atoms with E-state index in [1.165, 1.54) is 11.3 Å². The molecule has 1 aliphatic rings. The first-order chi connectivity index (χ1) is 13.5. The number of amides is 1. The van der Waals surface area contributed by atoms with Gasteiger partial charge in [-0.3, -0.25) is 4.79 Å². The number of hydrogen-bond donors (Lipinski definition) is 3. The lowest BCUT2D eigenvalue weighted by Gasteiger charge is -2.15. The number of thiophene rings is 1. The molecule has 0 aliphatic heterocycles. The van der Waals surface area contributed by atoms with Crippen LogP contribution in [0.25, 0.3) is 11.1 Å². The van der Waals surface area contributed by atoms with Crippen molar-refractivity contribution in [2.24, 2.45) is 11.7 Å². The van der Waals surface area contributed by atoms with Crippen LogP contribution in [0.1, 0.15) is 27.5 Å². The molecule has 1 heterocycles. The average Bonchev–Trinajstić information content (AvgIpc) is 3.24. The van der Waals surface area contributed by atoms with Crippen LogP contribution in [0.15, 0.2) is 53.9 Å². The third kappa shape index (κ3) is 3.30. The molecule has 0 unspecified atom stereocenters. The largest absolute Gasteiger partial charge is 0.478 e. The Kier molecular flexibility index (Phi) is 4.93. The van der Waals surface area contributed by atoms with E-state index < -0.39 is 17.9 Å². The van der Waals surface area contributed by atoms with Crippen LogP contribution in [-0.4, -0.2) is 17.0 Å². The first kappa shape index (κ1) is 18.7. The predicted molar refractivity (Wildman–Crippen MR) is 111 cm³/mol. The number of halogens is 1. The highest BCUT2D eigenvalue weighted by Gasteiger charge is 2.35. The van der Waals surface area contributed by atoms with E-state index in [1.54, 1.807) is 29.6 Å². The van der Waals surface area contributed by atoms with Gasteiger partial charge >= 0.3 is 5.97 Å². The molecule has 4 N–H and O–H groups in total. The summed E-state index contributed by atoms with van der Waals surface area (Å²) in [6.07, 6.45) is 0.543. The van der Waals surface area contributed by atoms with Gasteiger partial charge < -0.3 is 16.2 Å². The summed E-state index contributed by atoms with van der Waals surface area (Å²) in [5, 5.41) is 15.1. The van der Waals surface area contributed by atoms with Crippen molar-refractivity contribution in [3.8, 4) is 11.1 Å². The second-order valence-electron chi connectivity index (χ2n) is 6.69. The Labute approximate surface area is 170 Å². The molecule has 0 bridgehead atoms. The van der Waals surface area contributed by atoms with E-state index in [9.17, 15) is 14.7 Å². The van der Waals surface area contributed by atoms with Crippen LogP contribution in [-0.2, 0) is 11.2 Å². The van der Waals surface area contributed by atoms with E-state index in [0.29, 0.717) is 22.0 Å². The molecule has 4 rings (SSSR count). The van der Waals surface area contributed by atoms with Gasteiger partial charge in [-0.1, -0.05) is 48.0 Å². The van der Waals surface area contributed by atoms with Gasteiger partial charge in [0.1, 0.15) is 10.6 Å². The highest BCUT2D eigenvalue weighted by atomic mass is 35.5. The van der Waals surface area contributed by atoms with Gasteiger partial charge in [-0.25, -0.2) is 4.79 Å². The fourth-order valence-corrected chi connectivity index (χ4v) is 4.68. The molecule has 3 aromatic rings. The van der Waals surface area contributed by atoms with Crippen LogP contribution in [0.3, 0.4) is 0 Å². The second-order valence-corrected chi connectivity index (χ2v) is 8.01. The standard InChI is InChI=1S/C21H17ClN2O3S/c22-13-7-5-11(6-8-13)16-10-28-20(17(16)21(26)27)24-19(25)15-9-12-3-1-2-4-14(12)18(15)23/h1-8,10,15,18H,9,23H2,(H,24,25)(H,26,27)/t15-,18+/m0/s1. The Morgan fingerprint density at radius 1 is 1.14 bits per heavy atom. The first-order valence-corrected chi connectivity index (χ1v) is 9.96. The van der Waals surface area contributed by atoms with Crippen LogP contribution in [0.5, 0.6) is 0 Å². The highest BCUT2D eigenvalue weighted by molar-refractivity contribution is 7.15.